The minimum absolute atomic E-state index is 0.314. The number of carboxylic acid groups (broad SMARTS) is 1. The molecule has 1 N–H and O–H groups in total. The molecule has 3 heteroatoms. The topological polar surface area (TPSA) is 46.5 Å². The number of unbranched alkanes of at least 4 members (excludes halogenated alkanes) is 4. The molecule has 0 spiro atoms. The Hall–Kier alpha value is -0.570. The normalized spacial score (nSPS) is 12.7. The summed E-state index contributed by atoms with van der Waals surface area (Å²) < 4.78 is 5.13. The Morgan fingerprint density at radius 3 is 2.36 bits per heavy atom. The van der Waals surface area contributed by atoms with Gasteiger partial charge in [0, 0.05) is 13.5 Å². The number of rotatable bonds is 9. The van der Waals surface area contributed by atoms with Crippen LogP contribution >= 0.6 is 0 Å². The van der Waals surface area contributed by atoms with Gasteiger partial charge >= 0.3 is 5.97 Å². The van der Waals surface area contributed by atoms with Gasteiger partial charge in [0.25, 0.3) is 0 Å². The lowest BCUT2D eigenvalue weighted by Gasteiger charge is -2.08. The highest BCUT2D eigenvalue weighted by molar-refractivity contribution is 5.66. The third-order valence-electron chi connectivity index (χ3n) is 2.40. The SMILES string of the molecule is COC(C)CCCCCCCC(=O)O. The van der Waals surface area contributed by atoms with Gasteiger partial charge in [-0.15, -0.1) is 0 Å². The maximum atomic E-state index is 10.2. The highest BCUT2D eigenvalue weighted by Crippen LogP contribution is 2.09. The van der Waals surface area contributed by atoms with E-state index in [1.807, 2.05) is 0 Å². The van der Waals surface area contributed by atoms with Gasteiger partial charge in [0.15, 0.2) is 0 Å². The summed E-state index contributed by atoms with van der Waals surface area (Å²) in [4.78, 5) is 10.2. The van der Waals surface area contributed by atoms with Crippen LogP contribution in [0.3, 0.4) is 0 Å². The van der Waals surface area contributed by atoms with Crippen molar-refractivity contribution in [1.82, 2.24) is 0 Å². The van der Waals surface area contributed by atoms with E-state index in [4.69, 9.17) is 9.84 Å². The lowest BCUT2D eigenvalue weighted by Crippen LogP contribution is -2.03. The molecule has 0 aliphatic rings. The summed E-state index contributed by atoms with van der Waals surface area (Å²) in [5.41, 5.74) is 0. The van der Waals surface area contributed by atoms with Crippen molar-refractivity contribution in [3.8, 4) is 0 Å². The summed E-state index contributed by atoms with van der Waals surface area (Å²) in [6.07, 6.45) is 7.14. The first kappa shape index (κ1) is 13.4. The van der Waals surface area contributed by atoms with Crippen LogP contribution in [0.25, 0.3) is 0 Å². The number of ether oxygens (including phenoxy) is 1. The third-order valence-corrected chi connectivity index (χ3v) is 2.40. The van der Waals surface area contributed by atoms with Crippen LogP contribution in [-0.4, -0.2) is 24.3 Å². The molecule has 0 aliphatic carbocycles. The number of hydrogen-bond acceptors (Lipinski definition) is 2. The van der Waals surface area contributed by atoms with E-state index in [0.717, 1.165) is 25.7 Å². The fraction of sp³-hybridized carbons (Fsp3) is 0.909. The van der Waals surface area contributed by atoms with Crippen molar-refractivity contribution in [1.29, 1.82) is 0 Å². The quantitative estimate of drug-likeness (QED) is 0.585. The molecule has 3 nitrogen and oxygen atoms in total. The molecule has 0 heterocycles. The highest BCUT2D eigenvalue weighted by Gasteiger charge is 1.99. The Morgan fingerprint density at radius 2 is 1.79 bits per heavy atom. The fourth-order valence-corrected chi connectivity index (χ4v) is 1.36. The lowest BCUT2D eigenvalue weighted by molar-refractivity contribution is -0.137. The summed E-state index contributed by atoms with van der Waals surface area (Å²) in [5, 5.41) is 8.40. The molecule has 1 atom stereocenters. The predicted molar refractivity (Wildman–Crippen MR) is 56.4 cm³/mol. The van der Waals surface area contributed by atoms with Gasteiger partial charge in [0.1, 0.15) is 0 Å². The lowest BCUT2D eigenvalue weighted by atomic mass is 10.1. The van der Waals surface area contributed by atoms with E-state index in [-0.39, 0.29) is 0 Å². The molecule has 0 aromatic heterocycles. The minimum Gasteiger partial charge on any atom is -0.481 e. The fourth-order valence-electron chi connectivity index (χ4n) is 1.36. The zero-order chi connectivity index (χ0) is 10.8. The maximum Gasteiger partial charge on any atom is 0.303 e. The van der Waals surface area contributed by atoms with Gasteiger partial charge in [-0.1, -0.05) is 25.7 Å². The molecule has 1 unspecified atom stereocenters. The first-order valence-corrected chi connectivity index (χ1v) is 5.41. The van der Waals surface area contributed by atoms with Gasteiger partial charge < -0.3 is 9.84 Å². The van der Waals surface area contributed by atoms with Crippen molar-refractivity contribution in [3.05, 3.63) is 0 Å². The van der Waals surface area contributed by atoms with Crippen molar-refractivity contribution in [2.45, 2.75) is 58.0 Å². The Morgan fingerprint density at radius 1 is 1.21 bits per heavy atom. The van der Waals surface area contributed by atoms with Crippen LogP contribution in [0.5, 0.6) is 0 Å². The van der Waals surface area contributed by atoms with Crippen LogP contribution in [0, 0.1) is 0 Å². The van der Waals surface area contributed by atoms with Gasteiger partial charge in [-0.25, -0.2) is 0 Å². The van der Waals surface area contributed by atoms with Gasteiger partial charge in [0.05, 0.1) is 6.10 Å². The highest BCUT2D eigenvalue weighted by atomic mass is 16.5. The number of methoxy groups -OCH3 is 1. The summed E-state index contributed by atoms with van der Waals surface area (Å²) in [6.45, 7) is 2.07. The second-order valence-corrected chi connectivity index (χ2v) is 3.75. The van der Waals surface area contributed by atoms with Gasteiger partial charge in [0.2, 0.25) is 0 Å². The number of carbonyl (C=O) groups is 1. The van der Waals surface area contributed by atoms with E-state index in [1.165, 1.54) is 12.8 Å². The van der Waals surface area contributed by atoms with E-state index < -0.39 is 5.97 Å². The molecular formula is C11H22O3. The van der Waals surface area contributed by atoms with Gasteiger partial charge in [-0.3, -0.25) is 4.79 Å². The molecule has 0 aromatic carbocycles. The van der Waals surface area contributed by atoms with Crippen molar-refractivity contribution in [3.63, 3.8) is 0 Å². The van der Waals surface area contributed by atoms with E-state index in [0.29, 0.717) is 12.5 Å². The zero-order valence-corrected chi connectivity index (χ0v) is 9.29. The molecule has 0 fully saturated rings. The third kappa shape index (κ3) is 9.52. The van der Waals surface area contributed by atoms with Gasteiger partial charge in [-0.2, -0.15) is 0 Å². The molecule has 0 aromatic rings. The van der Waals surface area contributed by atoms with Crippen molar-refractivity contribution in [2.75, 3.05) is 7.11 Å². The predicted octanol–water partition coefficient (Wildman–Crippen LogP) is 2.84. The average molecular weight is 202 g/mol. The summed E-state index contributed by atoms with van der Waals surface area (Å²) in [5.74, 6) is -0.682. The first-order chi connectivity index (χ1) is 6.66. The molecule has 0 aliphatic heterocycles. The Kier molecular flexibility index (Phi) is 8.64. The molecule has 0 amide bonds. The molecule has 84 valence electrons. The number of hydrogen-bond donors (Lipinski definition) is 1. The summed E-state index contributed by atoms with van der Waals surface area (Å²) in [6, 6.07) is 0. The molecule has 0 bridgehead atoms. The Labute approximate surface area is 86.5 Å². The van der Waals surface area contributed by atoms with Crippen LogP contribution in [0.4, 0.5) is 0 Å². The second kappa shape index (κ2) is 9.00. The minimum atomic E-state index is -0.682. The standard InChI is InChI=1S/C11H22O3/c1-10(14-2)8-6-4-3-5-7-9-11(12)13/h10H,3-9H2,1-2H3,(H,12,13). The number of carboxylic acids is 1. The van der Waals surface area contributed by atoms with Crippen molar-refractivity contribution < 1.29 is 14.6 Å². The van der Waals surface area contributed by atoms with E-state index in [1.54, 1.807) is 7.11 Å². The number of aliphatic carboxylic acids is 1. The van der Waals surface area contributed by atoms with Crippen LogP contribution in [-0.2, 0) is 9.53 Å². The smallest absolute Gasteiger partial charge is 0.303 e. The molecule has 0 saturated carbocycles. The monoisotopic (exact) mass is 202 g/mol. The molecule has 14 heavy (non-hydrogen) atoms. The first-order valence-electron chi connectivity index (χ1n) is 5.41. The molecule has 0 saturated heterocycles. The Bertz CT molecular complexity index is 145. The van der Waals surface area contributed by atoms with E-state index in [9.17, 15) is 4.79 Å². The zero-order valence-electron chi connectivity index (χ0n) is 9.29. The second-order valence-electron chi connectivity index (χ2n) is 3.75. The molecule has 0 radical (unpaired) electrons. The molecule has 0 rings (SSSR count). The maximum absolute atomic E-state index is 10.2. The Balaban J connectivity index is 3.02. The average Bonchev–Trinajstić information content (AvgIpc) is 2.15. The summed E-state index contributed by atoms with van der Waals surface area (Å²) in [7, 11) is 1.73. The molecular weight excluding hydrogens is 180 g/mol. The van der Waals surface area contributed by atoms with Crippen LogP contribution in [0.1, 0.15) is 51.9 Å². The van der Waals surface area contributed by atoms with Crippen LogP contribution in [0.2, 0.25) is 0 Å². The van der Waals surface area contributed by atoms with Crippen molar-refractivity contribution >= 4 is 5.97 Å². The largest absolute Gasteiger partial charge is 0.481 e. The van der Waals surface area contributed by atoms with Crippen LogP contribution in [0.15, 0.2) is 0 Å². The summed E-state index contributed by atoms with van der Waals surface area (Å²) >= 11 is 0. The van der Waals surface area contributed by atoms with E-state index >= 15 is 0 Å². The van der Waals surface area contributed by atoms with Crippen molar-refractivity contribution in [2.24, 2.45) is 0 Å². The van der Waals surface area contributed by atoms with E-state index in [2.05, 4.69) is 6.92 Å². The van der Waals surface area contributed by atoms with Gasteiger partial charge in [-0.05, 0) is 19.8 Å². The van der Waals surface area contributed by atoms with Crippen LogP contribution < -0.4 is 0 Å².